The van der Waals surface area contributed by atoms with Crippen molar-refractivity contribution in [3.05, 3.63) is 28.4 Å². The van der Waals surface area contributed by atoms with Crippen molar-refractivity contribution in [2.75, 3.05) is 6.54 Å². The Bertz CT molecular complexity index is 503. The summed E-state index contributed by atoms with van der Waals surface area (Å²) < 4.78 is 0. The molecule has 0 spiro atoms. The van der Waals surface area contributed by atoms with Crippen LogP contribution in [0.3, 0.4) is 0 Å². The van der Waals surface area contributed by atoms with Crippen molar-refractivity contribution in [1.82, 2.24) is 25.4 Å². The maximum atomic E-state index is 11.2. The van der Waals surface area contributed by atoms with Crippen LogP contribution < -0.4 is 11.4 Å². The van der Waals surface area contributed by atoms with Gasteiger partial charge in [-0.1, -0.05) is 0 Å². The Morgan fingerprint density at radius 3 is 2.94 bits per heavy atom. The summed E-state index contributed by atoms with van der Waals surface area (Å²) in [5.74, 6) is 0. The molecule has 2 rings (SSSR count). The van der Waals surface area contributed by atoms with E-state index >= 15 is 0 Å². The van der Waals surface area contributed by atoms with Crippen molar-refractivity contribution in [2.24, 2.45) is 5.73 Å². The summed E-state index contributed by atoms with van der Waals surface area (Å²) in [6, 6.07) is 0. The molecule has 4 N–H and O–H groups in total. The molecule has 0 aliphatic carbocycles. The first-order chi connectivity index (χ1) is 7.81. The molecule has 0 aliphatic heterocycles. The van der Waals surface area contributed by atoms with Gasteiger partial charge in [-0.15, -0.1) is 0 Å². The Kier molecular flexibility index (Phi) is 3.06. The molecule has 16 heavy (non-hydrogen) atoms. The van der Waals surface area contributed by atoms with Crippen LogP contribution in [-0.4, -0.2) is 31.9 Å². The van der Waals surface area contributed by atoms with Crippen LogP contribution in [0.1, 0.15) is 12.0 Å². The van der Waals surface area contributed by atoms with E-state index in [4.69, 9.17) is 5.73 Å². The minimum absolute atomic E-state index is 0.394. The molecular weight excluding hydrogens is 208 g/mol. The lowest BCUT2D eigenvalue weighted by molar-refractivity contribution is 0.820. The molecule has 7 nitrogen and oxygen atoms in total. The summed E-state index contributed by atoms with van der Waals surface area (Å²) in [5.41, 5.74) is 7.23. The zero-order chi connectivity index (χ0) is 11.4. The van der Waals surface area contributed by atoms with Gasteiger partial charge in [-0.2, -0.15) is 15.4 Å². The molecule has 0 radical (unpaired) electrons. The van der Waals surface area contributed by atoms with Crippen LogP contribution in [-0.2, 0) is 6.42 Å². The van der Waals surface area contributed by atoms with Gasteiger partial charge in [0.05, 0.1) is 11.9 Å². The van der Waals surface area contributed by atoms with Crippen molar-refractivity contribution >= 4 is 0 Å². The predicted molar refractivity (Wildman–Crippen MR) is 57.6 cm³/mol. The lowest BCUT2D eigenvalue weighted by Crippen LogP contribution is -2.13. The highest BCUT2D eigenvalue weighted by Crippen LogP contribution is 2.16. The highest BCUT2D eigenvalue weighted by atomic mass is 16.1. The van der Waals surface area contributed by atoms with E-state index in [9.17, 15) is 4.79 Å². The molecule has 2 aromatic heterocycles. The van der Waals surface area contributed by atoms with Gasteiger partial charge in [0.25, 0.3) is 0 Å². The van der Waals surface area contributed by atoms with Gasteiger partial charge < -0.3 is 10.7 Å². The van der Waals surface area contributed by atoms with E-state index in [1.165, 1.54) is 0 Å². The SMILES string of the molecule is NCCCc1cnc(=O)[nH]c1-c1cn[nH]n1. The highest BCUT2D eigenvalue weighted by molar-refractivity contribution is 5.56. The number of hydrogen-bond acceptors (Lipinski definition) is 5. The van der Waals surface area contributed by atoms with Crippen molar-refractivity contribution in [2.45, 2.75) is 12.8 Å². The minimum Gasteiger partial charge on any atom is -0.330 e. The monoisotopic (exact) mass is 220 g/mol. The predicted octanol–water partition coefficient (Wildman–Crippen LogP) is -0.554. The molecule has 0 saturated carbocycles. The molecule has 0 aromatic carbocycles. The lowest BCUT2D eigenvalue weighted by Gasteiger charge is -2.04. The van der Waals surface area contributed by atoms with Gasteiger partial charge in [0.15, 0.2) is 0 Å². The molecule has 0 unspecified atom stereocenters. The summed E-state index contributed by atoms with van der Waals surface area (Å²) >= 11 is 0. The van der Waals surface area contributed by atoms with E-state index in [1.54, 1.807) is 12.4 Å². The van der Waals surface area contributed by atoms with E-state index < -0.39 is 5.69 Å². The summed E-state index contributed by atoms with van der Waals surface area (Å²) in [4.78, 5) is 17.5. The van der Waals surface area contributed by atoms with Crippen molar-refractivity contribution < 1.29 is 0 Å². The Hall–Kier alpha value is -2.02. The first kappa shape index (κ1) is 10.5. The average Bonchev–Trinajstić information content (AvgIpc) is 2.80. The second-order valence-electron chi connectivity index (χ2n) is 3.34. The fraction of sp³-hybridized carbons (Fsp3) is 0.333. The molecular formula is C9H12N6O. The van der Waals surface area contributed by atoms with Gasteiger partial charge in [-0.05, 0) is 24.9 Å². The fourth-order valence-electron chi connectivity index (χ4n) is 1.45. The van der Waals surface area contributed by atoms with E-state index in [2.05, 4.69) is 25.4 Å². The Labute approximate surface area is 91.1 Å². The molecule has 0 aliphatic rings. The molecule has 2 heterocycles. The number of rotatable bonds is 4. The van der Waals surface area contributed by atoms with Crippen molar-refractivity contribution in [1.29, 1.82) is 0 Å². The standard InChI is InChI=1S/C9H12N6O/c10-3-1-2-6-4-11-9(16)13-8(6)7-5-12-15-14-7/h4-5H,1-3,10H2,(H,11,13,16)(H,12,14,15). The molecule has 84 valence electrons. The van der Waals surface area contributed by atoms with Gasteiger partial charge in [0.2, 0.25) is 0 Å². The van der Waals surface area contributed by atoms with Crippen molar-refractivity contribution in [3.63, 3.8) is 0 Å². The number of nitrogens with two attached hydrogens (primary N) is 1. The Morgan fingerprint density at radius 2 is 2.25 bits per heavy atom. The number of aromatic nitrogens is 5. The summed E-state index contributed by atoms with van der Waals surface area (Å²) in [5, 5.41) is 10.1. The summed E-state index contributed by atoms with van der Waals surface area (Å²) in [6.45, 7) is 0.595. The van der Waals surface area contributed by atoms with Gasteiger partial charge >= 0.3 is 5.69 Å². The van der Waals surface area contributed by atoms with Gasteiger partial charge in [-0.25, -0.2) is 9.78 Å². The Morgan fingerprint density at radius 1 is 1.38 bits per heavy atom. The van der Waals surface area contributed by atoms with Gasteiger partial charge in [0, 0.05) is 6.20 Å². The highest BCUT2D eigenvalue weighted by Gasteiger charge is 2.09. The molecule has 0 bridgehead atoms. The fourth-order valence-corrected chi connectivity index (χ4v) is 1.45. The van der Waals surface area contributed by atoms with Crippen LogP contribution in [0.25, 0.3) is 11.4 Å². The van der Waals surface area contributed by atoms with Crippen LogP contribution >= 0.6 is 0 Å². The number of aromatic amines is 2. The maximum Gasteiger partial charge on any atom is 0.345 e. The molecule has 0 amide bonds. The van der Waals surface area contributed by atoms with Crippen LogP contribution in [0.2, 0.25) is 0 Å². The van der Waals surface area contributed by atoms with E-state index in [0.717, 1.165) is 18.4 Å². The molecule has 0 atom stereocenters. The zero-order valence-electron chi connectivity index (χ0n) is 8.60. The average molecular weight is 220 g/mol. The second kappa shape index (κ2) is 4.67. The number of nitrogens with one attached hydrogen (secondary N) is 2. The van der Waals surface area contributed by atoms with Gasteiger partial charge in [0.1, 0.15) is 5.69 Å². The number of nitrogens with zero attached hydrogens (tertiary/aromatic N) is 3. The van der Waals surface area contributed by atoms with E-state index in [0.29, 0.717) is 17.9 Å². The van der Waals surface area contributed by atoms with Crippen LogP contribution in [0.4, 0.5) is 0 Å². The van der Waals surface area contributed by atoms with E-state index in [1.807, 2.05) is 0 Å². The quantitative estimate of drug-likeness (QED) is 0.639. The molecule has 0 fully saturated rings. The number of H-pyrrole nitrogens is 2. The van der Waals surface area contributed by atoms with Crippen LogP contribution in [0.5, 0.6) is 0 Å². The zero-order valence-corrected chi connectivity index (χ0v) is 8.60. The largest absolute Gasteiger partial charge is 0.345 e. The maximum absolute atomic E-state index is 11.2. The van der Waals surface area contributed by atoms with Gasteiger partial charge in [-0.3, -0.25) is 0 Å². The second-order valence-corrected chi connectivity index (χ2v) is 3.34. The normalized spacial score (nSPS) is 10.6. The first-order valence-corrected chi connectivity index (χ1v) is 4.95. The van der Waals surface area contributed by atoms with Crippen LogP contribution in [0.15, 0.2) is 17.2 Å². The third-order valence-corrected chi connectivity index (χ3v) is 2.21. The molecule has 2 aromatic rings. The third-order valence-electron chi connectivity index (χ3n) is 2.21. The number of hydrogen-bond donors (Lipinski definition) is 3. The Balaban J connectivity index is 2.41. The summed E-state index contributed by atoms with van der Waals surface area (Å²) in [7, 11) is 0. The van der Waals surface area contributed by atoms with E-state index in [-0.39, 0.29) is 0 Å². The number of aryl methyl sites for hydroxylation is 1. The lowest BCUT2D eigenvalue weighted by atomic mass is 10.1. The smallest absolute Gasteiger partial charge is 0.330 e. The minimum atomic E-state index is -0.394. The first-order valence-electron chi connectivity index (χ1n) is 4.95. The summed E-state index contributed by atoms with van der Waals surface area (Å²) in [6.07, 6.45) is 4.69. The van der Waals surface area contributed by atoms with Crippen molar-refractivity contribution in [3.8, 4) is 11.4 Å². The third kappa shape index (κ3) is 2.14. The van der Waals surface area contributed by atoms with Crippen LogP contribution in [0, 0.1) is 0 Å². The molecule has 7 heteroatoms. The molecule has 0 saturated heterocycles. The topological polar surface area (TPSA) is 113 Å².